The topological polar surface area (TPSA) is 80.9 Å². The van der Waals surface area contributed by atoms with Gasteiger partial charge < -0.3 is 10.2 Å². The van der Waals surface area contributed by atoms with Crippen LogP contribution in [0.5, 0.6) is 0 Å². The fraction of sp³-hybridized carbons (Fsp3) is 0.143. The first-order chi connectivity index (χ1) is 18.1. The SMILES string of the molecule is O=C(Nc1ccccc1)N1CCc2c(c(-c3ccccc3)nn2Cc2cn(-c3ccc(Br)cc3)nn2)C1. The van der Waals surface area contributed by atoms with E-state index in [1.165, 1.54) is 0 Å². The molecule has 6 rings (SSSR count). The van der Waals surface area contributed by atoms with Gasteiger partial charge >= 0.3 is 6.03 Å². The number of hydrogen-bond acceptors (Lipinski definition) is 4. The van der Waals surface area contributed by atoms with Gasteiger partial charge in [-0.3, -0.25) is 4.68 Å². The lowest BCUT2D eigenvalue weighted by Crippen LogP contribution is -2.39. The second-order valence-corrected chi connectivity index (χ2v) is 9.81. The summed E-state index contributed by atoms with van der Waals surface area (Å²) in [6, 6.07) is 27.5. The van der Waals surface area contributed by atoms with Gasteiger partial charge in [0, 0.05) is 39.9 Å². The number of nitrogens with one attached hydrogen (secondary N) is 1. The summed E-state index contributed by atoms with van der Waals surface area (Å²) in [7, 11) is 0. The van der Waals surface area contributed by atoms with Crippen LogP contribution in [0.4, 0.5) is 10.5 Å². The van der Waals surface area contributed by atoms with Crippen molar-refractivity contribution in [3.63, 3.8) is 0 Å². The quantitative estimate of drug-likeness (QED) is 0.310. The van der Waals surface area contributed by atoms with E-state index >= 15 is 0 Å². The normalized spacial score (nSPS) is 12.8. The van der Waals surface area contributed by atoms with E-state index in [2.05, 4.69) is 43.7 Å². The Hall–Kier alpha value is -4.24. The molecular formula is C28H24BrN7O. The molecule has 2 amide bonds. The molecule has 0 fully saturated rings. The number of benzene rings is 3. The van der Waals surface area contributed by atoms with Crippen molar-refractivity contribution in [2.45, 2.75) is 19.5 Å². The van der Waals surface area contributed by atoms with Crippen LogP contribution in [0.3, 0.4) is 0 Å². The van der Waals surface area contributed by atoms with Crippen LogP contribution in [0.2, 0.25) is 0 Å². The van der Waals surface area contributed by atoms with E-state index in [1.807, 2.05) is 88.6 Å². The highest BCUT2D eigenvalue weighted by Gasteiger charge is 2.28. The van der Waals surface area contributed by atoms with Gasteiger partial charge in [0.2, 0.25) is 0 Å². The van der Waals surface area contributed by atoms with Crippen molar-refractivity contribution >= 4 is 27.6 Å². The van der Waals surface area contributed by atoms with Crippen LogP contribution in [0, 0.1) is 0 Å². The number of rotatable bonds is 5. The van der Waals surface area contributed by atoms with E-state index < -0.39 is 0 Å². The number of hydrogen-bond donors (Lipinski definition) is 1. The highest BCUT2D eigenvalue weighted by Crippen LogP contribution is 2.31. The molecule has 8 nitrogen and oxygen atoms in total. The number of para-hydroxylation sites is 1. The summed E-state index contributed by atoms with van der Waals surface area (Å²) in [4.78, 5) is 14.9. The van der Waals surface area contributed by atoms with Gasteiger partial charge in [0.25, 0.3) is 0 Å². The lowest BCUT2D eigenvalue weighted by atomic mass is 10.0. The van der Waals surface area contributed by atoms with Gasteiger partial charge in [-0.1, -0.05) is 69.7 Å². The van der Waals surface area contributed by atoms with Crippen molar-refractivity contribution in [1.82, 2.24) is 29.7 Å². The van der Waals surface area contributed by atoms with Gasteiger partial charge in [0.1, 0.15) is 5.69 Å². The van der Waals surface area contributed by atoms with Crippen LogP contribution >= 0.6 is 15.9 Å². The molecule has 0 aliphatic carbocycles. The maximum atomic E-state index is 13.0. The molecular weight excluding hydrogens is 530 g/mol. The van der Waals surface area contributed by atoms with Crippen LogP contribution in [0.25, 0.3) is 16.9 Å². The van der Waals surface area contributed by atoms with Crippen LogP contribution in [-0.2, 0) is 19.5 Å². The Morgan fingerprint density at radius 1 is 0.946 bits per heavy atom. The standard InChI is InChI=1S/C28H24BrN7O/c29-21-11-13-24(14-12-21)35-17-23(31-33-35)18-36-26-15-16-34(28(37)30-22-9-5-2-6-10-22)19-25(26)27(32-36)20-7-3-1-4-8-20/h1-14,17H,15-16,18-19H2,(H,30,37). The molecule has 0 atom stereocenters. The second-order valence-electron chi connectivity index (χ2n) is 8.90. The minimum atomic E-state index is -0.110. The van der Waals surface area contributed by atoms with Gasteiger partial charge in [-0.15, -0.1) is 5.10 Å². The minimum Gasteiger partial charge on any atom is -0.320 e. The first-order valence-electron chi connectivity index (χ1n) is 12.1. The number of carbonyl (C=O) groups excluding carboxylic acids is 1. The van der Waals surface area contributed by atoms with Crippen LogP contribution in [0.15, 0.2) is 95.6 Å². The van der Waals surface area contributed by atoms with Crippen LogP contribution in [0.1, 0.15) is 17.0 Å². The van der Waals surface area contributed by atoms with Crippen LogP contribution in [-0.4, -0.2) is 42.3 Å². The van der Waals surface area contributed by atoms with E-state index in [0.717, 1.165) is 44.1 Å². The summed E-state index contributed by atoms with van der Waals surface area (Å²) in [6.45, 7) is 1.60. The molecule has 3 aromatic carbocycles. The first-order valence-corrected chi connectivity index (χ1v) is 12.9. The third-order valence-corrected chi connectivity index (χ3v) is 6.97. The molecule has 37 heavy (non-hydrogen) atoms. The van der Waals surface area contributed by atoms with E-state index in [9.17, 15) is 4.79 Å². The molecule has 1 aliphatic rings. The number of nitrogens with zero attached hydrogens (tertiary/aromatic N) is 6. The molecule has 3 heterocycles. The summed E-state index contributed by atoms with van der Waals surface area (Å²) >= 11 is 3.47. The van der Waals surface area contributed by atoms with Crippen molar-refractivity contribution in [2.75, 3.05) is 11.9 Å². The maximum Gasteiger partial charge on any atom is 0.322 e. The van der Waals surface area contributed by atoms with E-state index in [-0.39, 0.29) is 6.03 Å². The Balaban J connectivity index is 1.29. The highest BCUT2D eigenvalue weighted by molar-refractivity contribution is 9.10. The van der Waals surface area contributed by atoms with Gasteiger partial charge in [0.05, 0.1) is 30.7 Å². The Kier molecular flexibility index (Phi) is 6.28. The molecule has 0 unspecified atom stereocenters. The largest absolute Gasteiger partial charge is 0.322 e. The summed E-state index contributed by atoms with van der Waals surface area (Å²) in [5.41, 5.74) is 6.66. The highest BCUT2D eigenvalue weighted by atomic mass is 79.9. The van der Waals surface area contributed by atoms with Crippen LogP contribution < -0.4 is 5.32 Å². The average Bonchev–Trinajstić information content (AvgIpc) is 3.55. The number of amides is 2. The molecule has 0 spiro atoms. The number of urea groups is 1. The zero-order chi connectivity index (χ0) is 25.2. The second kappa shape index (κ2) is 10.0. The zero-order valence-electron chi connectivity index (χ0n) is 20.0. The number of anilines is 1. The monoisotopic (exact) mass is 553 g/mol. The average molecular weight is 554 g/mol. The van der Waals surface area contributed by atoms with Crippen molar-refractivity contribution < 1.29 is 4.79 Å². The number of aromatic nitrogens is 5. The van der Waals surface area contributed by atoms with E-state index in [1.54, 1.807) is 4.68 Å². The van der Waals surface area contributed by atoms with Gasteiger partial charge in [-0.2, -0.15) is 5.10 Å². The van der Waals surface area contributed by atoms with Gasteiger partial charge in [-0.25, -0.2) is 9.48 Å². The lowest BCUT2D eigenvalue weighted by molar-refractivity contribution is 0.206. The van der Waals surface area contributed by atoms with E-state index in [0.29, 0.717) is 26.1 Å². The molecule has 184 valence electrons. The summed E-state index contributed by atoms with van der Waals surface area (Å²) in [6.07, 6.45) is 2.64. The van der Waals surface area contributed by atoms with Gasteiger partial charge in [0.15, 0.2) is 0 Å². The predicted octanol–water partition coefficient (Wildman–Crippen LogP) is 5.53. The number of carbonyl (C=O) groups is 1. The molecule has 0 radical (unpaired) electrons. The fourth-order valence-electron chi connectivity index (χ4n) is 4.59. The maximum absolute atomic E-state index is 13.0. The molecule has 0 bridgehead atoms. The van der Waals surface area contributed by atoms with Crippen molar-refractivity contribution in [3.05, 3.63) is 113 Å². The third-order valence-electron chi connectivity index (χ3n) is 6.44. The van der Waals surface area contributed by atoms with Gasteiger partial charge in [-0.05, 0) is 36.4 Å². The number of fused-ring (bicyclic) bond motifs is 1. The Morgan fingerprint density at radius 2 is 1.68 bits per heavy atom. The van der Waals surface area contributed by atoms with Crippen molar-refractivity contribution in [1.29, 1.82) is 0 Å². The minimum absolute atomic E-state index is 0.110. The van der Waals surface area contributed by atoms with E-state index in [4.69, 9.17) is 5.10 Å². The first kappa shape index (κ1) is 23.2. The lowest BCUT2D eigenvalue weighted by Gasteiger charge is -2.28. The molecule has 1 aliphatic heterocycles. The summed E-state index contributed by atoms with van der Waals surface area (Å²) in [5.74, 6) is 0. The Bertz CT molecular complexity index is 1530. The van der Waals surface area contributed by atoms with Crippen molar-refractivity contribution in [3.8, 4) is 16.9 Å². The predicted molar refractivity (Wildman–Crippen MR) is 145 cm³/mol. The zero-order valence-corrected chi connectivity index (χ0v) is 21.5. The number of halogens is 1. The molecule has 2 aromatic heterocycles. The fourth-order valence-corrected chi connectivity index (χ4v) is 4.86. The molecule has 5 aromatic rings. The van der Waals surface area contributed by atoms with Crippen molar-refractivity contribution in [2.24, 2.45) is 0 Å². The Labute approximate surface area is 222 Å². The third kappa shape index (κ3) is 4.90. The smallest absolute Gasteiger partial charge is 0.320 e. The molecule has 0 saturated heterocycles. The summed E-state index contributed by atoms with van der Waals surface area (Å²) < 4.78 is 4.80. The molecule has 9 heteroatoms. The molecule has 0 saturated carbocycles. The Morgan fingerprint density at radius 3 is 2.43 bits per heavy atom. The summed E-state index contributed by atoms with van der Waals surface area (Å²) in [5, 5.41) is 16.7. The molecule has 1 N–H and O–H groups in total.